The number of aliphatic carboxylic acids is 1. The Hall–Kier alpha value is -6.32. The third kappa shape index (κ3) is 10.0. The summed E-state index contributed by atoms with van der Waals surface area (Å²) in [6.07, 6.45) is -4.46. The zero-order valence-electron chi connectivity index (χ0n) is 33.8. The fraction of sp³-hybridized carbons (Fsp3) is 0.333. The quantitative estimate of drug-likeness (QED) is 0.134. The molecular weight excluding hydrogens is 805 g/mol. The number of carboxylic acids is 1. The minimum absolute atomic E-state index is 0.0595. The molecule has 4 aromatic carbocycles. The lowest BCUT2D eigenvalue weighted by atomic mass is 9.99. The second-order valence-electron chi connectivity index (χ2n) is 15.3. The molecule has 1 N–H and O–H groups in total. The van der Waals surface area contributed by atoms with Crippen LogP contribution in [0.5, 0.6) is 0 Å². The van der Waals surface area contributed by atoms with E-state index < -0.39 is 40.3 Å². The number of benzene rings is 4. The highest BCUT2D eigenvalue weighted by Gasteiger charge is 2.57. The Bertz CT molecular complexity index is 2450. The molecule has 6 aromatic rings. The van der Waals surface area contributed by atoms with Crippen LogP contribution in [0.15, 0.2) is 106 Å². The van der Waals surface area contributed by atoms with Gasteiger partial charge in [-0.05, 0) is 97.2 Å². The molecule has 0 unspecified atom stereocenters. The van der Waals surface area contributed by atoms with E-state index in [1.807, 2.05) is 30.3 Å². The van der Waals surface area contributed by atoms with Crippen LogP contribution >= 0.6 is 0 Å². The summed E-state index contributed by atoms with van der Waals surface area (Å²) in [4.78, 5) is 25.4. The Balaban J connectivity index is 0.000000192. The summed E-state index contributed by atoms with van der Waals surface area (Å²) in [5.41, 5.74) is 1.18. The largest absolute Gasteiger partial charge is 0.480 e. The maximum absolute atomic E-state index is 12.8. The van der Waals surface area contributed by atoms with E-state index >= 15 is 0 Å². The number of amides is 1. The van der Waals surface area contributed by atoms with Gasteiger partial charge in [0.25, 0.3) is 0 Å². The third-order valence-corrected chi connectivity index (χ3v) is 10.2. The molecule has 0 atom stereocenters. The Morgan fingerprint density at radius 1 is 0.607 bits per heavy atom. The molecule has 2 heterocycles. The summed E-state index contributed by atoms with van der Waals surface area (Å²) in [7, 11) is 3.39. The van der Waals surface area contributed by atoms with E-state index in [0.29, 0.717) is 67.0 Å². The smallest absolute Gasteiger partial charge is 0.416 e. The third-order valence-electron chi connectivity index (χ3n) is 10.2. The van der Waals surface area contributed by atoms with Gasteiger partial charge in [-0.1, -0.05) is 80.9 Å². The van der Waals surface area contributed by atoms with Crippen LogP contribution in [0.3, 0.4) is 0 Å². The first kappa shape index (κ1) is 44.2. The SMILES string of the molecule is CCC.CN(C)C(=O)C1(c2nnc(-c3ccccc3Cc3ccc(C(F)(F)F)cc3)o2)CC1.O=C(O)C1(c2nnc(-c3ccccc3Cc3ccc(C(F)(F)F)cc3)o2)CC1. The molecule has 10 nitrogen and oxygen atoms in total. The molecule has 0 radical (unpaired) electrons. The molecule has 2 aliphatic rings. The van der Waals surface area contributed by atoms with Gasteiger partial charge in [-0.15, -0.1) is 20.4 Å². The maximum Gasteiger partial charge on any atom is 0.416 e. The molecule has 2 fully saturated rings. The average Bonchev–Trinajstić information content (AvgIpc) is 4.11. The first-order chi connectivity index (χ1) is 28.9. The van der Waals surface area contributed by atoms with Gasteiger partial charge < -0.3 is 18.8 Å². The van der Waals surface area contributed by atoms with Gasteiger partial charge in [0.05, 0.1) is 11.1 Å². The monoisotopic (exact) mass is 847 g/mol. The van der Waals surface area contributed by atoms with Crippen molar-refractivity contribution in [3.05, 3.63) is 142 Å². The van der Waals surface area contributed by atoms with E-state index in [9.17, 15) is 41.0 Å². The van der Waals surface area contributed by atoms with Crippen molar-refractivity contribution in [3.8, 4) is 22.9 Å². The Morgan fingerprint density at radius 3 is 1.30 bits per heavy atom. The molecule has 8 rings (SSSR count). The molecule has 0 bridgehead atoms. The summed E-state index contributed by atoms with van der Waals surface area (Å²) in [5.74, 6) is -0.160. The minimum atomic E-state index is -4.38. The molecule has 2 aliphatic carbocycles. The number of alkyl halides is 6. The first-order valence-electron chi connectivity index (χ1n) is 19.5. The molecule has 0 saturated heterocycles. The molecule has 16 heteroatoms. The van der Waals surface area contributed by atoms with Gasteiger partial charge in [-0.3, -0.25) is 9.59 Å². The molecular formula is C45H43F6N5O5. The number of rotatable bonds is 10. The number of carboxylic acid groups (broad SMARTS) is 1. The zero-order chi connectivity index (χ0) is 44.2. The van der Waals surface area contributed by atoms with E-state index in [-0.39, 0.29) is 17.7 Å². The van der Waals surface area contributed by atoms with Crippen molar-refractivity contribution in [2.45, 2.75) is 82.0 Å². The number of hydrogen-bond acceptors (Lipinski definition) is 8. The van der Waals surface area contributed by atoms with Crippen molar-refractivity contribution in [1.82, 2.24) is 25.3 Å². The topological polar surface area (TPSA) is 135 Å². The normalized spacial score (nSPS) is 14.8. The fourth-order valence-electron chi connectivity index (χ4n) is 6.60. The number of carbonyl (C=O) groups excluding carboxylic acids is 1. The van der Waals surface area contributed by atoms with Crippen LogP contribution in [0.1, 0.15) is 91.1 Å². The lowest BCUT2D eigenvalue weighted by molar-refractivity contribution is -0.141. The van der Waals surface area contributed by atoms with E-state index in [4.69, 9.17) is 8.83 Å². The summed E-state index contributed by atoms with van der Waals surface area (Å²) >= 11 is 0. The molecule has 320 valence electrons. The van der Waals surface area contributed by atoms with Crippen molar-refractivity contribution >= 4 is 11.9 Å². The maximum atomic E-state index is 12.8. The summed E-state index contributed by atoms with van der Waals surface area (Å²) in [5, 5.41) is 25.5. The number of halogens is 6. The molecule has 0 aliphatic heterocycles. The van der Waals surface area contributed by atoms with E-state index in [2.05, 4.69) is 34.2 Å². The van der Waals surface area contributed by atoms with Gasteiger partial charge in [0, 0.05) is 25.2 Å². The van der Waals surface area contributed by atoms with Crippen molar-refractivity contribution in [1.29, 1.82) is 0 Å². The number of hydrogen-bond donors (Lipinski definition) is 1. The second-order valence-corrected chi connectivity index (χ2v) is 15.3. The van der Waals surface area contributed by atoms with Crippen LogP contribution in [0.2, 0.25) is 0 Å². The Morgan fingerprint density at radius 2 is 0.967 bits per heavy atom. The van der Waals surface area contributed by atoms with Crippen molar-refractivity contribution in [2.75, 3.05) is 14.1 Å². The van der Waals surface area contributed by atoms with Gasteiger partial charge in [-0.2, -0.15) is 26.3 Å². The van der Waals surface area contributed by atoms with E-state index in [1.54, 1.807) is 32.3 Å². The van der Waals surface area contributed by atoms with Crippen LogP contribution in [-0.2, 0) is 45.6 Å². The van der Waals surface area contributed by atoms with Gasteiger partial charge in [-0.25, -0.2) is 0 Å². The van der Waals surface area contributed by atoms with Gasteiger partial charge in [0.15, 0.2) is 0 Å². The van der Waals surface area contributed by atoms with Crippen LogP contribution in [0.4, 0.5) is 26.3 Å². The molecule has 2 aromatic heterocycles. The predicted octanol–water partition coefficient (Wildman–Crippen LogP) is 10.3. The lowest BCUT2D eigenvalue weighted by Gasteiger charge is -2.16. The van der Waals surface area contributed by atoms with Gasteiger partial charge in [0.2, 0.25) is 29.5 Å². The number of carbonyl (C=O) groups is 2. The van der Waals surface area contributed by atoms with Crippen molar-refractivity contribution < 1.29 is 49.9 Å². The van der Waals surface area contributed by atoms with E-state index in [0.717, 1.165) is 41.0 Å². The van der Waals surface area contributed by atoms with Gasteiger partial charge >= 0.3 is 18.3 Å². The van der Waals surface area contributed by atoms with E-state index in [1.165, 1.54) is 35.6 Å². The first-order valence-corrected chi connectivity index (χ1v) is 19.5. The van der Waals surface area contributed by atoms with Crippen LogP contribution in [0, 0.1) is 0 Å². The number of likely N-dealkylation sites (N-methyl/N-ethyl adjacent to an activating group) is 1. The highest BCUT2D eigenvalue weighted by molar-refractivity contribution is 5.89. The van der Waals surface area contributed by atoms with Crippen LogP contribution in [-0.4, -0.2) is 56.4 Å². The number of aromatic nitrogens is 4. The Labute approximate surface area is 347 Å². The minimum Gasteiger partial charge on any atom is -0.480 e. The lowest BCUT2D eigenvalue weighted by Crippen LogP contribution is -2.33. The molecule has 0 spiro atoms. The standard InChI is InChI=1S/C22H20F3N3O2.C20H15F3N2O3.C3H8/c1-28(2)20(29)21(11-12-21)19-27-26-18(30-19)17-6-4-3-5-15(17)13-14-7-9-16(10-8-14)22(23,24)25;21-20(22,23)14-7-5-12(6-8-14)11-13-3-1-2-4-15(13)16-24-25-17(28-16)19(9-10-19)18(26)27;1-3-2/h3-10H,11-13H2,1-2H3;1-8H,9-11H2,(H,26,27);3H2,1-2H3. The molecule has 1 amide bonds. The predicted molar refractivity (Wildman–Crippen MR) is 212 cm³/mol. The van der Waals surface area contributed by atoms with Crippen molar-refractivity contribution in [2.24, 2.45) is 0 Å². The summed E-state index contributed by atoms with van der Waals surface area (Å²) in [6.45, 7) is 4.25. The highest BCUT2D eigenvalue weighted by atomic mass is 19.4. The molecule has 2 saturated carbocycles. The van der Waals surface area contributed by atoms with Crippen molar-refractivity contribution in [3.63, 3.8) is 0 Å². The average molecular weight is 848 g/mol. The van der Waals surface area contributed by atoms with Gasteiger partial charge in [0.1, 0.15) is 10.8 Å². The fourth-order valence-corrected chi connectivity index (χ4v) is 6.60. The highest BCUT2D eigenvalue weighted by Crippen LogP contribution is 2.50. The Kier molecular flexibility index (Phi) is 12.9. The summed E-state index contributed by atoms with van der Waals surface area (Å²) in [6, 6.07) is 24.6. The number of nitrogens with zero attached hydrogens (tertiary/aromatic N) is 5. The summed E-state index contributed by atoms with van der Waals surface area (Å²) < 4.78 is 88.1. The molecule has 61 heavy (non-hydrogen) atoms. The van der Waals surface area contributed by atoms with Crippen LogP contribution < -0.4 is 0 Å². The van der Waals surface area contributed by atoms with Crippen LogP contribution in [0.25, 0.3) is 22.9 Å². The zero-order valence-corrected chi connectivity index (χ0v) is 33.8. The second kappa shape index (κ2) is 17.7.